The van der Waals surface area contributed by atoms with E-state index in [-0.39, 0.29) is 10.8 Å². The van der Waals surface area contributed by atoms with Gasteiger partial charge in [0.05, 0.1) is 0 Å². The maximum atomic E-state index is 2.43. The lowest BCUT2D eigenvalue weighted by Crippen LogP contribution is -2.19. The number of hydrogen-bond donors (Lipinski definition) is 0. The molecule has 0 aromatic heterocycles. The molecule has 0 fully saturated rings. The Labute approximate surface area is 427 Å². The third kappa shape index (κ3) is 9.11. The lowest BCUT2D eigenvalue weighted by atomic mass is 9.76. The van der Waals surface area contributed by atoms with Crippen molar-refractivity contribution in [3.8, 4) is 66.8 Å². The van der Waals surface area contributed by atoms with Gasteiger partial charge in [-0.15, -0.1) is 0 Å². The molecule has 350 valence electrons. The molecule has 0 N–H and O–H groups in total. The first-order chi connectivity index (χ1) is 35.0. The minimum absolute atomic E-state index is 0.0264. The summed E-state index contributed by atoms with van der Waals surface area (Å²) in [6.45, 7) is 13.5. The summed E-state index contributed by atoms with van der Waals surface area (Å²) in [5.74, 6) is 0. The molecule has 0 bridgehead atoms. The summed E-state index contributed by atoms with van der Waals surface area (Å²) >= 11 is 0. The molecule has 0 heteroatoms. The maximum Gasteiger partial charge on any atom is 0.0159 e. The van der Waals surface area contributed by atoms with Crippen molar-refractivity contribution in [3.05, 3.63) is 287 Å². The largest absolute Gasteiger partial charge is 0.0804 e. The average molecular weight is 927 g/mol. The van der Waals surface area contributed by atoms with Crippen molar-refractivity contribution < 1.29 is 0 Å². The zero-order valence-electron chi connectivity index (χ0n) is 42.5. The fraction of sp³-hybridized carbons (Fsp3) is 0.139. The predicted octanol–water partition coefficient (Wildman–Crippen LogP) is 19.5. The van der Waals surface area contributed by atoms with Gasteiger partial charge in [-0.05, 0) is 145 Å². The van der Waals surface area contributed by atoms with E-state index in [1.807, 2.05) is 6.07 Å². The van der Waals surface area contributed by atoms with Crippen molar-refractivity contribution in [1.29, 1.82) is 0 Å². The smallest absolute Gasteiger partial charge is 0.0159 e. The summed E-state index contributed by atoms with van der Waals surface area (Å²) in [7, 11) is 0. The molecule has 1 atom stereocenters. The quantitative estimate of drug-likeness (QED) is 0.161. The Bertz CT molecular complexity index is 3640. The third-order valence-electron chi connectivity index (χ3n) is 15.6. The van der Waals surface area contributed by atoms with E-state index in [1.165, 1.54) is 122 Å². The van der Waals surface area contributed by atoms with Crippen molar-refractivity contribution in [2.45, 2.75) is 65.2 Å². The second-order valence-corrected chi connectivity index (χ2v) is 21.0. The number of aryl methyl sites for hydroxylation is 2. The lowest BCUT2D eigenvalue weighted by molar-refractivity contribution is 0.596. The molecule has 0 saturated carbocycles. The Balaban J connectivity index is 0.000000124. The zero-order valence-corrected chi connectivity index (χ0v) is 42.5. The first-order valence-electron chi connectivity index (χ1n) is 25.7. The first-order valence-corrected chi connectivity index (χ1v) is 25.7. The molecule has 0 saturated heterocycles. The van der Waals surface area contributed by atoms with Gasteiger partial charge in [-0.25, -0.2) is 0 Å². The van der Waals surface area contributed by atoms with Gasteiger partial charge in [0.1, 0.15) is 0 Å². The number of rotatable bonds is 5. The van der Waals surface area contributed by atoms with Crippen LogP contribution in [0.4, 0.5) is 0 Å². The second-order valence-electron chi connectivity index (χ2n) is 21.0. The van der Waals surface area contributed by atoms with Crippen molar-refractivity contribution in [3.63, 3.8) is 0 Å². The van der Waals surface area contributed by atoms with Crippen LogP contribution in [-0.4, -0.2) is 0 Å². The highest BCUT2D eigenvalue weighted by Crippen LogP contribution is 2.50. The summed E-state index contributed by atoms with van der Waals surface area (Å²) in [5, 5.41) is 2.72. The highest BCUT2D eigenvalue weighted by atomic mass is 14.4. The van der Waals surface area contributed by atoms with E-state index in [4.69, 9.17) is 0 Å². The molecule has 1 unspecified atom stereocenters. The molecule has 72 heavy (non-hydrogen) atoms. The van der Waals surface area contributed by atoms with E-state index in [9.17, 15) is 0 Å². The van der Waals surface area contributed by atoms with Gasteiger partial charge in [0.25, 0.3) is 0 Å². The van der Waals surface area contributed by atoms with Crippen LogP contribution in [0.1, 0.15) is 73.1 Å². The third-order valence-corrected chi connectivity index (χ3v) is 15.6. The number of allylic oxidation sites excluding steroid dienone is 4. The van der Waals surface area contributed by atoms with Crippen LogP contribution in [0.3, 0.4) is 0 Å². The normalized spacial score (nSPS) is 15.4. The molecule has 0 spiro atoms. The first kappa shape index (κ1) is 46.3. The molecule has 13 rings (SSSR count). The molecule has 0 aliphatic heterocycles. The van der Waals surface area contributed by atoms with Crippen LogP contribution in [0.2, 0.25) is 0 Å². The summed E-state index contributed by atoms with van der Waals surface area (Å²) in [4.78, 5) is 0. The van der Waals surface area contributed by atoms with Crippen LogP contribution in [0.25, 0.3) is 77.5 Å². The zero-order chi connectivity index (χ0) is 49.4. The number of hydrogen-bond acceptors (Lipinski definition) is 0. The lowest BCUT2D eigenvalue weighted by Gasteiger charge is -2.28. The predicted molar refractivity (Wildman–Crippen MR) is 309 cm³/mol. The summed E-state index contributed by atoms with van der Waals surface area (Å²) < 4.78 is 0. The topological polar surface area (TPSA) is 0 Å². The Morgan fingerprint density at radius 2 is 0.847 bits per heavy atom. The SMILES string of the molecule is CC1=CCC(C)(c2ccc(-c3ccccc3)cc2)C=C1.Cc1ccc(-c2ccc(-c3ccccc3)cc2)cc1.Cc1ccc2c(c1)C(C)(C)c1cc(-c3ccc4c(c3)Cc3c-4ccc4ccccc34)ccc1-2. The van der Waals surface area contributed by atoms with Crippen molar-refractivity contribution in [2.24, 2.45) is 0 Å². The highest BCUT2D eigenvalue weighted by Gasteiger charge is 2.35. The molecule has 10 aromatic carbocycles. The van der Waals surface area contributed by atoms with E-state index in [0.717, 1.165) is 12.8 Å². The van der Waals surface area contributed by atoms with Gasteiger partial charge < -0.3 is 0 Å². The summed E-state index contributed by atoms with van der Waals surface area (Å²) in [6, 6.07) is 81.8. The molecular weight excluding hydrogens is 865 g/mol. The van der Waals surface area contributed by atoms with Crippen LogP contribution in [0.5, 0.6) is 0 Å². The summed E-state index contributed by atoms with van der Waals surface area (Å²) in [6.07, 6.45) is 8.99. The van der Waals surface area contributed by atoms with Gasteiger partial charge in [-0.2, -0.15) is 0 Å². The fourth-order valence-electron chi connectivity index (χ4n) is 11.1. The minimum atomic E-state index is 0.0264. The number of benzene rings is 10. The van der Waals surface area contributed by atoms with Gasteiger partial charge >= 0.3 is 0 Å². The second kappa shape index (κ2) is 19.3. The van der Waals surface area contributed by atoms with Crippen LogP contribution >= 0.6 is 0 Å². The molecule has 0 nitrogen and oxygen atoms in total. The van der Waals surface area contributed by atoms with Gasteiger partial charge in [0.2, 0.25) is 0 Å². The molecule has 3 aliphatic carbocycles. The van der Waals surface area contributed by atoms with E-state index < -0.39 is 0 Å². The Morgan fingerprint density at radius 3 is 1.46 bits per heavy atom. The fourth-order valence-corrected chi connectivity index (χ4v) is 11.1. The van der Waals surface area contributed by atoms with Gasteiger partial charge in [0.15, 0.2) is 0 Å². The summed E-state index contributed by atoms with van der Waals surface area (Å²) in [5.41, 5.74) is 27.2. The van der Waals surface area contributed by atoms with E-state index in [1.54, 1.807) is 0 Å². The van der Waals surface area contributed by atoms with E-state index in [2.05, 4.69) is 278 Å². The minimum Gasteiger partial charge on any atom is -0.0804 e. The molecule has 3 aliphatic rings. The molecular formula is C72H62. The molecule has 0 heterocycles. The van der Waals surface area contributed by atoms with Crippen LogP contribution in [0.15, 0.2) is 248 Å². The number of fused-ring (bicyclic) bond motifs is 8. The van der Waals surface area contributed by atoms with Crippen LogP contribution in [0, 0.1) is 13.8 Å². The van der Waals surface area contributed by atoms with E-state index in [0.29, 0.717) is 0 Å². The maximum absolute atomic E-state index is 2.43. The van der Waals surface area contributed by atoms with Crippen LogP contribution < -0.4 is 0 Å². The van der Waals surface area contributed by atoms with Gasteiger partial charge in [0, 0.05) is 10.8 Å². The van der Waals surface area contributed by atoms with Gasteiger partial charge in [-0.1, -0.05) is 274 Å². The van der Waals surface area contributed by atoms with Crippen molar-refractivity contribution >= 4 is 10.8 Å². The molecule has 0 amide bonds. The monoisotopic (exact) mass is 926 g/mol. The molecule has 10 aromatic rings. The van der Waals surface area contributed by atoms with E-state index >= 15 is 0 Å². The van der Waals surface area contributed by atoms with Crippen LogP contribution in [-0.2, 0) is 17.3 Å². The Hall–Kier alpha value is -8.06. The Kier molecular flexibility index (Phi) is 12.4. The Morgan fingerprint density at radius 1 is 0.375 bits per heavy atom. The van der Waals surface area contributed by atoms with Crippen molar-refractivity contribution in [2.75, 3.05) is 0 Å². The standard InChI is InChI=1S/C33H26.C20H20.C19H16/c1-20-8-12-28-29-15-11-23(19-32(29)33(2,3)31(28)16-20)22-10-13-26-24(17-22)18-30-25-7-5-4-6-21(25)9-14-27(26)30;1-16-12-14-20(2,15-13-16)19-10-8-18(9-11-19)17-6-4-3-5-7-17;1-15-7-9-17(10-8-15)19-13-11-18(12-14-19)16-5-3-2-4-6-16/h4-17,19H,18H2,1-3H3;3-14H,15H2,1-2H3;2-14H,1H3. The highest BCUT2D eigenvalue weighted by molar-refractivity contribution is 5.96. The van der Waals surface area contributed by atoms with Crippen molar-refractivity contribution in [1.82, 2.24) is 0 Å². The van der Waals surface area contributed by atoms with Gasteiger partial charge in [-0.3, -0.25) is 0 Å². The molecule has 0 radical (unpaired) electrons. The average Bonchev–Trinajstić information content (AvgIpc) is 3.91.